The van der Waals surface area contributed by atoms with Gasteiger partial charge in [-0.25, -0.2) is 4.98 Å². The predicted octanol–water partition coefficient (Wildman–Crippen LogP) is 0.943. The minimum Gasteiger partial charge on any atom is -0.347 e. The van der Waals surface area contributed by atoms with Gasteiger partial charge < -0.3 is 10.2 Å². The number of hydrogen-bond donors (Lipinski definition) is 1. The van der Waals surface area contributed by atoms with Crippen LogP contribution in [0.1, 0.15) is 6.42 Å². The van der Waals surface area contributed by atoms with Crippen LogP contribution < -0.4 is 10.2 Å². The van der Waals surface area contributed by atoms with Gasteiger partial charge in [0.05, 0.1) is 0 Å². The molecule has 0 bridgehead atoms. The van der Waals surface area contributed by atoms with Crippen molar-refractivity contribution in [2.24, 2.45) is 0 Å². The van der Waals surface area contributed by atoms with Crippen molar-refractivity contribution in [3.8, 4) is 0 Å². The summed E-state index contributed by atoms with van der Waals surface area (Å²) in [6, 6.07) is 0. The van der Waals surface area contributed by atoms with Crippen molar-refractivity contribution >= 4 is 16.5 Å². The fraction of sp³-hybridized carbons (Fsp3) is 0.625. The van der Waals surface area contributed by atoms with Gasteiger partial charge in [0.2, 0.25) is 0 Å². The van der Waals surface area contributed by atoms with Crippen LogP contribution in [0.4, 0.5) is 5.13 Å². The van der Waals surface area contributed by atoms with E-state index in [0.29, 0.717) is 0 Å². The van der Waals surface area contributed by atoms with Crippen LogP contribution >= 0.6 is 11.3 Å². The molecule has 2 rings (SSSR count). The van der Waals surface area contributed by atoms with Crippen molar-refractivity contribution in [1.29, 1.82) is 0 Å². The van der Waals surface area contributed by atoms with Gasteiger partial charge in [-0.2, -0.15) is 0 Å². The fourth-order valence-electron chi connectivity index (χ4n) is 1.41. The average Bonchev–Trinajstić information content (AvgIpc) is 2.48. The van der Waals surface area contributed by atoms with Gasteiger partial charge in [0.1, 0.15) is 0 Å². The molecule has 1 N–H and O–H groups in total. The van der Waals surface area contributed by atoms with E-state index in [9.17, 15) is 0 Å². The van der Waals surface area contributed by atoms with E-state index < -0.39 is 0 Å². The first kappa shape index (κ1) is 8.01. The molecule has 0 amide bonds. The highest BCUT2D eigenvalue weighted by atomic mass is 32.1. The van der Waals surface area contributed by atoms with Gasteiger partial charge in [-0.1, -0.05) is 0 Å². The molecule has 1 fully saturated rings. The van der Waals surface area contributed by atoms with Crippen LogP contribution in [0.3, 0.4) is 0 Å². The maximum atomic E-state index is 4.30. The summed E-state index contributed by atoms with van der Waals surface area (Å²) in [5.41, 5.74) is 0. The molecule has 0 spiro atoms. The second-order valence-corrected chi connectivity index (χ2v) is 3.78. The fourth-order valence-corrected chi connectivity index (χ4v) is 2.11. The van der Waals surface area contributed by atoms with Gasteiger partial charge in [0.25, 0.3) is 0 Å². The molecule has 12 heavy (non-hydrogen) atoms. The lowest BCUT2D eigenvalue weighted by molar-refractivity contribution is 0.724. The molecule has 0 unspecified atom stereocenters. The average molecular weight is 183 g/mol. The van der Waals surface area contributed by atoms with Crippen LogP contribution in [0, 0.1) is 0 Å². The van der Waals surface area contributed by atoms with Crippen molar-refractivity contribution in [2.75, 3.05) is 31.1 Å². The minimum absolute atomic E-state index is 1.08. The van der Waals surface area contributed by atoms with Crippen molar-refractivity contribution in [1.82, 2.24) is 10.3 Å². The molecule has 0 radical (unpaired) electrons. The maximum absolute atomic E-state index is 4.30. The number of hydrogen-bond acceptors (Lipinski definition) is 4. The molecule has 4 heteroatoms. The summed E-state index contributed by atoms with van der Waals surface area (Å²) < 4.78 is 0. The topological polar surface area (TPSA) is 28.2 Å². The largest absolute Gasteiger partial charge is 0.347 e. The highest BCUT2D eigenvalue weighted by molar-refractivity contribution is 7.13. The van der Waals surface area contributed by atoms with E-state index in [-0.39, 0.29) is 0 Å². The number of thiazole rings is 1. The van der Waals surface area contributed by atoms with Gasteiger partial charge in [0, 0.05) is 31.2 Å². The summed E-state index contributed by atoms with van der Waals surface area (Å²) in [4.78, 5) is 6.65. The van der Waals surface area contributed by atoms with Gasteiger partial charge >= 0.3 is 0 Å². The Kier molecular flexibility index (Phi) is 2.58. The summed E-state index contributed by atoms with van der Waals surface area (Å²) in [6.45, 7) is 4.45. The second-order valence-electron chi connectivity index (χ2n) is 2.91. The van der Waals surface area contributed by atoms with E-state index in [1.54, 1.807) is 11.3 Å². The van der Waals surface area contributed by atoms with Crippen LogP contribution in [0.15, 0.2) is 11.6 Å². The molecule has 0 aromatic carbocycles. The highest BCUT2D eigenvalue weighted by Gasteiger charge is 2.10. The summed E-state index contributed by atoms with van der Waals surface area (Å²) in [6.07, 6.45) is 3.10. The summed E-state index contributed by atoms with van der Waals surface area (Å²) in [5, 5.41) is 6.58. The summed E-state index contributed by atoms with van der Waals surface area (Å²) in [5.74, 6) is 0. The molecule has 0 saturated carbocycles. The van der Waals surface area contributed by atoms with Crippen molar-refractivity contribution in [3.63, 3.8) is 0 Å². The molecular weight excluding hydrogens is 170 g/mol. The molecule has 0 atom stereocenters. The molecule has 1 aromatic heterocycles. The van der Waals surface area contributed by atoms with Crippen molar-refractivity contribution in [2.45, 2.75) is 6.42 Å². The maximum Gasteiger partial charge on any atom is 0.185 e. The molecular formula is C8H13N3S. The Morgan fingerprint density at radius 1 is 1.42 bits per heavy atom. The van der Waals surface area contributed by atoms with Crippen molar-refractivity contribution in [3.05, 3.63) is 11.6 Å². The molecule has 1 aliphatic rings. The van der Waals surface area contributed by atoms with Crippen LogP contribution in [0.2, 0.25) is 0 Å². The minimum atomic E-state index is 1.08. The van der Waals surface area contributed by atoms with Crippen molar-refractivity contribution < 1.29 is 0 Å². The molecule has 1 aromatic rings. The third kappa shape index (κ3) is 1.76. The predicted molar refractivity (Wildman–Crippen MR) is 51.8 cm³/mol. The zero-order chi connectivity index (χ0) is 8.23. The zero-order valence-corrected chi connectivity index (χ0v) is 7.81. The summed E-state index contributed by atoms with van der Waals surface area (Å²) >= 11 is 1.73. The lowest BCUT2D eigenvalue weighted by Gasteiger charge is -2.17. The standard InChI is InChI=1S/C8H13N3S/c1-2-9-3-6-11(5-1)8-10-4-7-12-8/h4,7,9H,1-3,5-6H2. The molecule has 2 heterocycles. The first-order valence-electron chi connectivity index (χ1n) is 4.32. The Hall–Kier alpha value is -0.610. The van der Waals surface area contributed by atoms with Crippen LogP contribution in [-0.2, 0) is 0 Å². The number of rotatable bonds is 1. The SMILES string of the molecule is c1csc(N2CCCNCC2)n1. The van der Waals surface area contributed by atoms with Crippen LogP contribution in [-0.4, -0.2) is 31.2 Å². The number of anilines is 1. The first-order chi connectivity index (χ1) is 5.97. The lowest BCUT2D eigenvalue weighted by atomic mass is 10.4. The number of aromatic nitrogens is 1. The Bertz CT molecular complexity index is 214. The third-order valence-corrected chi connectivity index (χ3v) is 2.86. The monoisotopic (exact) mass is 183 g/mol. The number of nitrogens with zero attached hydrogens (tertiary/aromatic N) is 2. The van der Waals surface area contributed by atoms with E-state index in [4.69, 9.17) is 0 Å². The third-order valence-electron chi connectivity index (χ3n) is 2.03. The van der Waals surface area contributed by atoms with E-state index in [1.807, 2.05) is 11.6 Å². The van der Waals surface area contributed by atoms with Gasteiger partial charge in [0.15, 0.2) is 5.13 Å². The molecule has 0 aliphatic carbocycles. The van der Waals surface area contributed by atoms with Gasteiger partial charge in [-0.15, -0.1) is 11.3 Å². The zero-order valence-electron chi connectivity index (χ0n) is 6.99. The van der Waals surface area contributed by atoms with E-state index in [1.165, 1.54) is 11.6 Å². The van der Waals surface area contributed by atoms with Crippen LogP contribution in [0.25, 0.3) is 0 Å². The smallest absolute Gasteiger partial charge is 0.185 e. The van der Waals surface area contributed by atoms with Gasteiger partial charge in [-0.05, 0) is 13.0 Å². The quantitative estimate of drug-likeness (QED) is 0.702. The van der Waals surface area contributed by atoms with Crippen LogP contribution in [0.5, 0.6) is 0 Å². The van der Waals surface area contributed by atoms with E-state index in [2.05, 4.69) is 15.2 Å². The Balaban J connectivity index is 2.02. The molecule has 1 saturated heterocycles. The molecule has 66 valence electrons. The Morgan fingerprint density at radius 2 is 2.42 bits per heavy atom. The normalized spacial score (nSPS) is 19.2. The first-order valence-corrected chi connectivity index (χ1v) is 5.20. The number of nitrogens with one attached hydrogen (secondary N) is 1. The Morgan fingerprint density at radius 3 is 3.25 bits per heavy atom. The van der Waals surface area contributed by atoms with E-state index in [0.717, 1.165) is 26.2 Å². The lowest BCUT2D eigenvalue weighted by Crippen LogP contribution is -2.27. The second kappa shape index (κ2) is 3.87. The highest BCUT2D eigenvalue weighted by Crippen LogP contribution is 2.17. The summed E-state index contributed by atoms with van der Waals surface area (Å²) in [7, 11) is 0. The van der Waals surface area contributed by atoms with E-state index >= 15 is 0 Å². The molecule has 3 nitrogen and oxygen atoms in total. The Labute approximate surface area is 76.4 Å². The molecule has 1 aliphatic heterocycles. The van der Waals surface area contributed by atoms with Gasteiger partial charge in [-0.3, -0.25) is 0 Å².